The summed E-state index contributed by atoms with van der Waals surface area (Å²) in [5.41, 5.74) is 8.16. The van der Waals surface area contributed by atoms with Crippen LogP contribution < -0.4 is 5.32 Å². The van der Waals surface area contributed by atoms with Gasteiger partial charge in [-0.15, -0.1) is 0 Å². The number of rotatable bonds is 4. The van der Waals surface area contributed by atoms with Gasteiger partial charge in [0, 0.05) is 47.7 Å². The SMILES string of the molecule is Cc1ccccc1-c1nc(-c2cccnc2)nc2c1CN(C(=O)Nc1cccc(C3CC3)c1)CC2. The molecule has 1 fully saturated rings. The summed E-state index contributed by atoms with van der Waals surface area (Å²) in [6, 6.07) is 20.3. The van der Waals surface area contributed by atoms with Gasteiger partial charge in [-0.25, -0.2) is 14.8 Å². The zero-order valence-corrected chi connectivity index (χ0v) is 19.7. The van der Waals surface area contributed by atoms with E-state index in [9.17, 15) is 4.79 Å². The van der Waals surface area contributed by atoms with Crippen molar-refractivity contribution in [2.24, 2.45) is 0 Å². The number of nitrogens with zero attached hydrogens (tertiary/aromatic N) is 4. The van der Waals surface area contributed by atoms with Gasteiger partial charge in [0.25, 0.3) is 0 Å². The third kappa shape index (κ3) is 4.39. The van der Waals surface area contributed by atoms with E-state index in [0.717, 1.165) is 39.3 Å². The molecule has 6 rings (SSSR count). The lowest BCUT2D eigenvalue weighted by atomic mass is 9.96. The molecule has 4 aromatic rings. The fourth-order valence-corrected chi connectivity index (χ4v) is 4.76. The summed E-state index contributed by atoms with van der Waals surface area (Å²) >= 11 is 0. The predicted molar refractivity (Wildman–Crippen MR) is 137 cm³/mol. The number of pyridine rings is 1. The van der Waals surface area contributed by atoms with Crippen LogP contribution in [-0.2, 0) is 13.0 Å². The summed E-state index contributed by atoms with van der Waals surface area (Å²) in [4.78, 5) is 29.3. The van der Waals surface area contributed by atoms with Gasteiger partial charge >= 0.3 is 6.03 Å². The summed E-state index contributed by atoms with van der Waals surface area (Å²) in [6.07, 6.45) is 6.70. The third-order valence-electron chi connectivity index (χ3n) is 6.85. The number of benzene rings is 2. The van der Waals surface area contributed by atoms with E-state index in [4.69, 9.17) is 9.97 Å². The van der Waals surface area contributed by atoms with E-state index < -0.39 is 0 Å². The Hall–Kier alpha value is -4.06. The molecule has 1 N–H and O–H groups in total. The minimum atomic E-state index is -0.0873. The zero-order valence-electron chi connectivity index (χ0n) is 19.7. The molecule has 3 heterocycles. The highest BCUT2D eigenvalue weighted by Gasteiger charge is 2.28. The van der Waals surface area contributed by atoms with E-state index in [-0.39, 0.29) is 6.03 Å². The third-order valence-corrected chi connectivity index (χ3v) is 6.85. The minimum absolute atomic E-state index is 0.0873. The maximum Gasteiger partial charge on any atom is 0.322 e. The number of amides is 2. The number of carbonyl (C=O) groups is 1. The summed E-state index contributed by atoms with van der Waals surface area (Å²) in [6.45, 7) is 3.17. The summed E-state index contributed by atoms with van der Waals surface area (Å²) in [5.74, 6) is 1.32. The number of anilines is 1. The highest BCUT2D eigenvalue weighted by atomic mass is 16.2. The number of nitrogens with one attached hydrogen (secondary N) is 1. The first-order chi connectivity index (χ1) is 17.2. The molecule has 6 nitrogen and oxygen atoms in total. The van der Waals surface area contributed by atoms with Crippen molar-refractivity contribution in [1.29, 1.82) is 0 Å². The molecule has 0 radical (unpaired) electrons. The van der Waals surface area contributed by atoms with Crippen molar-refractivity contribution >= 4 is 11.7 Å². The van der Waals surface area contributed by atoms with E-state index in [1.54, 1.807) is 12.4 Å². The van der Waals surface area contributed by atoms with Crippen molar-refractivity contribution in [3.63, 3.8) is 0 Å². The number of hydrogen-bond donors (Lipinski definition) is 1. The van der Waals surface area contributed by atoms with E-state index in [1.165, 1.54) is 18.4 Å². The van der Waals surface area contributed by atoms with Crippen molar-refractivity contribution < 1.29 is 4.79 Å². The van der Waals surface area contributed by atoms with Crippen LogP contribution in [0.25, 0.3) is 22.6 Å². The molecule has 174 valence electrons. The van der Waals surface area contributed by atoms with Crippen molar-refractivity contribution in [2.75, 3.05) is 11.9 Å². The Morgan fingerprint density at radius 3 is 2.71 bits per heavy atom. The van der Waals surface area contributed by atoms with Crippen LogP contribution in [0, 0.1) is 6.92 Å². The molecule has 0 bridgehead atoms. The summed E-state index contributed by atoms with van der Waals surface area (Å²) in [7, 11) is 0. The molecule has 2 amide bonds. The molecule has 0 saturated heterocycles. The van der Waals surface area contributed by atoms with Crippen LogP contribution in [0.2, 0.25) is 0 Å². The van der Waals surface area contributed by atoms with E-state index >= 15 is 0 Å². The van der Waals surface area contributed by atoms with Gasteiger partial charge in [0.1, 0.15) is 0 Å². The number of hydrogen-bond acceptors (Lipinski definition) is 4. The first-order valence-corrected chi connectivity index (χ1v) is 12.2. The number of aromatic nitrogens is 3. The van der Waals surface area contributed by atoms with Gasteiger partial charge in [-0.3, -0.25) is 4.98 Å². The topological polar surface area (TPSA) is 71.0 Å². The first kappa shape index (κ1) is 21.5. The summed E-state index contributed by atoms with van der Waals surface area (Å²) in [5, 5.41) is 3.11. The second kappa shape index (κ2) is 8.95. The molecular weight excluding hydrogens is 434 g/mol. The number of fused-ring (bicyclic) bond motifs is 1. The highest BCUT2D eigenvalue weighted by Crippen LogP contribution is 2.40. The van der Waals surface area contributed by atoms with Gasteiger partial charge in [-0.05, 0) is 61.1 Å². The van der Waals surface area contributed by atoms with Gasteiger partial charge in [-0.2, -0.15) is 0 Å². The molecule has 1 aliphatic heterocycles. The van der Waals surface area contributed by atoms with Gasteiger partial charge in [0.15, 0.2) is 5.82 Å². The molecular formula is C29H27N5O. The molecule has 2 aromatic heterocycles. The molecule has 1 aliphatic carbocycles. The predicted octanol–water partition coefficient (Wildman–Crippen LogP) is 5.98. The molecule has 0 atom stereocenters. The average molecular weight is 462 g/mol. The highest BCUT2D eigenvalue weighted by molar-refractivity contribution is 5.90. The van der Waals surface area contributed by atoms with E-state index in [0.29, 0.717) is 31.3 Å². The van der Waals surface area contributed by atoms with Crippen LogP contribution in [0.1, 0.15) is 41.1 Å². The Balaban J connectivity index is 1.33. The minimum Gasteiger partial charge on any atom is -0.320 e. The molecule has 1 saturated carbocycles. The second-order valence-electron chi connectivity index (χ2n) is 9.38. The van der Waals surface area contributed by atoms with Crippen LogP contribution in [0.4, 0.5) is 10.5 Å². The monoisotopic (exact) mass is 461 g/mol. The molecule has 0 unspecified atom stereocenters. The van der Waals surface area contributed by atoms with Gasteiger partial charge in [-0.1, -0.05) is 36.4 Å². The van der Waals surface area contributed by atoms with Crippen molar-refractivity contribution in [3.8, 4) is 22.6 Å². The fraction of sp³-hybridized carbons (Fsp3) is 0.241. The van der Waals surface area contributed by atoms with E-state index in [1.807, 2.05) is 41.3 Å². The molecule has 2 aliphatic rings. The van der Waals surface area contributed by atoms with Crippen molar-refractivity contribution in [3.05, 3.63) is 95.4 Å². The van der Waals surface area contributed by atoms with Crippen molar-refractivity contribution in [2.45, 2.75) is 38.6 Å². The van der Waals surface area contributed by atoms with Gasteiger partial charge in [0.2, 0.25) is 0 Å². The largest absolute Gasteiger partial charge is 0.322 e. The number of carbonyl (C=O) groups excluding carboxylic acids is 1. The average Bonchev–Trinajstić information content (AvgIpc) is 3.75. The van der Waals surface area contributed by atoms with Crippen LogP contribution >= 0.6 is 0 Å². The second-order valence-corrected chi connectivity index (χ2v) is 9.38. The molecule has 0 spiro atoms. The maximum atomic E-state index is 13.2. The van der Waals surface area contributed by atoms with Crippen LogP contribution in [0.15, 0.2) is 73.1 Å². The lowest BCUT2D eigenvalue weighted by molar-refractivity contribution is 0.206. The number of aryl methyl sites for hydroxylation is 1. The normalized spacial score (nSPS) is 14.9. The number of urea groups is 1. The molecule has 6 heteroatoms. The van der Waals surface area contributed by atoms with Crippen LogP contribution in [0.3, 0.4) is 0 Å². The molecule has 2 aromatic carbocycles. The van der Waals surface area contributed by atoms with Crippen LogP contribution in [-0.4, -0.2) is 32.4 Å². The first-order valence-electron chi connectivity index (χ1n) is 12.2. The Bertz CT molecular complexity index is 1400. The van der Waals surface area contributed by atoms with Gasteiger partial charge < -0.3 is 10.2 Å². The Morgan fingerprint density at radius 1 is 1.03 bits per heavy atom. The van der Waals surface area contributed by atoms with E-state index in [2.05, 4.69) is 41.5 Å². The van der Waals surface area contributed by atoms with Crippen LogP contribution in [0.5, 0.6) is 0 Å². The smallest absolute Gasteiger partial charge is 0.320 e. The zero-order chi connectivity index (χ0) is 23.8. The maximum absolute atomic E-state index is 13.2. The lowest BCUT2D eigenvalue weighted by Gasteiger charge is -2.30. The lowest BCUT2D eigenvalue weighted by Crippen LogP contribution is -2.39. The molecule has 35 heavy (non-hydrogen) atoms. The summed E-state index contributed by atoms with van der Waals surface area (Å²) < 4.78 is 0. The van der Waals surface area contributed by atoms with Crippen molar-refractivity contribution in [1.82, 2.24) is 19.9 Å². The van der Waals surface area contributed by atoms with Gasteiger partial charge in [0.05, 0.1) is 17.9 Å². The quantitative estimate of drug-likeness (QED) is 0.406. The Kier molecular flexibility index (Phi) is 5.49. The Labute approximate surface area is 205 Å². The fourth-order valence-electron chi connectivity index (χ4n) is 4.76. The standard InChI is InChI=1S/C29H27N5O/c1-19-6-2-3-10-24(19)27-25-18-34(29(35)31-23-9-4-7-21(16-23)20-11-12-20)15-13-26(25)32-28(33-27)22-8-5-14-30-17-22/h2-10,14,16-17,20H,11-13,15,18H2,1H3,(H,31,35). The Morgan fingerprint density at radius 2 is 1.91 bits per heavy atom.